The Morgan fingerprint density at radius 1 is 0.914 bits per heavy atom. The van der Waals surface area contributed by atoms with Gasteiger partial charge in [0.2, 0.25) is 0 Å². The number of amides is 1. The molecule has 3 aromatic rings. The summed E-state index contributed by atoms with van der Waals surface area (Å²) in [6.07, 6.45) is -4.38. The van der Waals surface area contributed by atoms with Crippen molar-refractivity contribution in [1.82, 2.24) is 9.80 Å². The molecule has 2 fully saturated rings. The number of piperazine rings is 1. The van der Waals surface area contributed by atoms with Crippen LogP contribution in [0.2, 0.25) is 0 Å². The Balaban J connectivity index is 1.32. The number of thiophene rings is 1. The lowest BCUT2D eigenvalue weighted by Crippen LogP contribution is -2.48. The number of likely N-dealkylation sites (tertiary alicyclic amines) is 1. The van der Waals surface area contributed by atoms with Gasteiger partial charge in [0.15, 0.2) is 0 Å². The van der Waals surface area contributed by atoms with E-state index in [0.29, 0.717) is 23.5 Å². The molecule has 0 spiro atoms. The van der Waals surface area contributed by atoms with Gasteiger partial charge in [-0.15, -0.1) is 11.3 Å². The lowest BCUT2D eigenvalue weighted by Gasteiger charge is -2.38. The summed E-state index contributed by atoms with van der Waals surface area (Å²) in [5, 5.41) is 1.87. The van der Waals surface area contributed by atoms with Crippen LogP contribution in [-0.2, 0) is 6.18 Å². The third-order valence-corrected chi connectivity index (χ3v) is 7.95. The molecule has 0 bridgehead atoms. The molecule has 2 atom stereocenters. The van der Waals surface area contributed by atoms with E-state index in [1.807, 2.05) is 40.6 Å². The fraction of sp³-hybridized carbons (Fsp3) is 0.370. The minimum atomic E-state index is -4.38. The summed E-state index contributed by atoms with van der Waals surface area (Å²) in [6.45, 7) is 5.34. The van der Waals surface area contributed by atoms with E-state index in [9.17, 15) is 18.0 Å². The fourth-order valence-corrected chi connectivity index (χ4v) is 5.95. The number of halogens is 3. The molecule has 8 heteroatoms. The summed E-state index contributed by atoms with van der Waals surface area (Å²) in [6, 6.07) is 19.6. The molecule has 2 aliphatic heterocycles. The second-order valence-corrected chi connectivity index (χ2v) is 10.2. The maximum Gasteiger partial charge on any atom is 0.416 e. The molecule has 0 saturated carbocycles. The van der Waals surface area contributed by atoms with Gasteiger partial charge in [-0.1, -0.05) is 42.5 Å². The van der Waals surface area contributed by atoms with Gasteiger partial charge in [0.1, 0.15) is 0 Å². The van der Waals surface area contributed by atoms with E-state index in [1.165, 1.54) is 29.2 Å². The second-order valence-electron chi connectivity index (χ2n) is 9.30. The number of hydrogen-bond acceptors (Lipinski definition) is 4. The Labute approximate surface area is 207 Å². The number of para-hydroxylation sites is 1. The molecule has 3 heterocycles. The molecule has 0 N–H and O–H groups in total. The van der Waals surface area contributed by atoms with Crippen LogP contribution in [0.25, 0.3) is 0 Å². The highest BCUT2D eigenvalue weighted by Gasteiger charge is 2.39. The van der Waals surface area contributed by atoms with Crippen LogP contribution in [0.15, 0.2) is 72.1 Å². The molecule has 4 nitrogen and oxygen atoms in total. The van der Waals surface area contributed by atoms with E-state index in [1.54, 1.807) is 6.07 Å². The summed E-state index contributed by atoms with van der Waals surface area (Å²) >= 11 is 1.40. The number of benzene rings is 2. The highest BCUT2D eigenvalue weighted by molar-refractivity contribution is 7.12. The average Bonchev–Trinajstić information content (AvgIpc) is 3.55. The van der Waals surface area contributed by atoms with Crippen molar-refractivity contribution >= 4 is 22.9 Å². The number of rotatable bonds is 5. The van der Waals surface area contributed by atoms with Gasteiger partial charge in [0, 0.05) is 57.4 Å². The van der Waals surface area contributed by atoms with E-state index >= 15 is 0 Å². The van der Waals surface area contributed by atoms with E-state index < -0.39 is 11.7 Å². The van der Waals surface area contributed by atoms with Gasteiger partial charge in [0.25, 0.3) is 5.91 Å². The van der Waals surface area contributed by atoms with Crippen LogP contribution in [0.3, 0.4) is 0 Å². The second kappa shape index (κ2) is 10.0. The van der Waals surface area contributed by atoms with Gasteiger partial charge in [-0.05, 0) is 41.1 Å². The third kappa shape index (κ3) is 5.38. The van der Waals surface area contributed by atoms with Crippen molar-refractivity contribution < 1.29 is 18.0 Å². The number of carbonyl (C=O) groups excluding carboxylic acids is 1. The minimum Gasteiger partial charge on any atom is -0.369 e. The number of anilines is 1. The molecule has 35 heavy (non-hydrogen) atoms. The SMILES string of the molecule is O=C(c1cccs1)N1C[C@H](CN2CCN(c3ccccc3)CC2)[C@H](c2cccc(C(F)(F)F)c2)C1. The van der Waals surface area contributed by atoms with Crippen molar-refractivity contribution in [3.8, 4) is 0 Å². The first-order valence-electron chi connectivity index (χ1n) is 11.9. The van der Waals surface area contributed by atoms with Crippen molar-refractivity contribution in [2.45, 2.75) is 12.1 Å². The number of carbonyl (C=O) groups is 1. The summed E-state index contributed by atoms with van der Waals surface area (Å²) in [5.74, 6) is -0.0904. The lowest BCUT2D eigenvalue weighted by atomic mass is 9.87. The first-order valence-corrected chi connectivity index (χ1v) is 12.8. The molecule has 1 amide bonds. The summed E-state index contributed by atoms with van der Waals surface area (Å²) in [7, 11) is 0. The van der Waals surface area contributed by atoms with Crippen LogP contribution < -0.4 is 4.90 Å². The van der Waals surface area contributed by atoms with Gasteiger partial charge in [-0.2, -0.15) is 13.2 Å². The predicted octanol–water partition coefficient (Wildman–Crippen LogP) is 5.44. The molecule has 1 aromatic heterocycles. The molecule has 184 valence electrons. The Morgan fingerprint density at radius 2 is 1.69 bits per heavy atom. The minimum absolute atomic E-state index is 0.0339. The van der Waals surface area contributed by atoms with Gasteiger partial charge in [-0.3, -0.25) is 9.69 Å². The van der Waals surface area contributed by atoms with Crippen molar-refractivity contribution in [2.24, 2.45) is 5.92 Å². The zero-order valence-electron chi connectivity index (χ0n) is 19.3. The zero-order chi connectivity index (χ0) is 24.4. The maximum atomic E-state index is 13.4. The predicted molar refractivity (Wildman–Crippen MR) is 133 cm³/mol. The molecular formula is C27H28F3N3OS. The monoisotopic (exact) mass is 499 g/mol. The van der Waals surface area contributed by atoms with Crippen LogP contribution in [0, 0.1) is 5.92 Å². The molecule has 2 aromatic carbocycles. The summed E-state index contributed by atoms with van der Waals surface area (Å²) in [4.78, 5) is 20.3. The quantitative estimate of drug-likeness (QED) is 0.468. The highest BCUT2D eigenvalue weighted by atomic mass is 32.1. The van der Waals surface area contributed by atoms with Crippen molar-refractivity contribution in [1.29, 1.82) is 0 Å². The van der Waals surface area contributed by atoms with E-state index in [-0.39, 0.29) is 17.7 Å². The normalized spacial score (nSPS) is 21.5. The van der Waals surface area contributed by atoms with Crippen LogP contribution in [0.5, 0.6) is 0 Å². The van der Waals surface area contributed by atoms with Crippen molar-refractivity contribution in [3.63, 3.8) is 0 Å². The summed E-state index contributed by atoms with van der Waals surface area (Å²) < 4.78 is 40.2. The fourth-order valence-electron chi connectivity index (χ4n) is 5.26. The van der Waals surface area contributed by atoms with Gasteiger partial charge >= 0.3 is 6.18 Å². The van der Waals surface area contributed by atoms with Gasteiger partial charge < -0.3 is 9.80 Å². The van der Waals surface area contributed by atoms with E-state index in [0.717, 1.165) is 38.8 Å². The zero-order valence-corrected chi connectivity index (χ0v) is 20.1. The van der Waals surface area contributed by atoms with Gasteiger partial charge in [0.05, 0.1) is 10.4 Å². The van der Waals surface area contributed by atoms with E-state index in [4.69, 9.17) is 0 Å². The molecule has 0 unspecified atom stereocenters. The maximum absolute atomic E-state index is 13.4. The Kier molecular flexibility index (Phi) is 6.84. The highest BCUT2D eigenvalue weighted by Crippen LogP contribution is 2.37. The molecule has 0 radical (unpaired) electrons. The van der Waals surface area contributed by atoms with Crippen molar-refractivity contribution in [3.05, 3.63) is 88.1 Å². The Hall–Kier alpha value is -2.84. The van der Waals surface area contributed by atoms with Crippen molar-refractivity contribution in [2.75, 3.05) is 50.7 Å². The first kappa shape index (κ1) is 23.9. The van der Waals surface area contributed by atoms with Crippen LogP contribution in [-0.4, -0.2) is 61.5 Å². The first-order chi connectivity index (χ1) is 16.9. The molecular weight excluding hydrogens is 471 g/mol. The molecule has 0 aliphatic carbocycles. The van der Waals surface area contributed by atoms with Crippen LogP contribution in [0.1, 0.15) is 26.7 Å². The van der Waals surface area contributed by atoms with Crippen LogP contribution >= 0.6 is 11.3 Å². The third-order valence-electron chi connectivity index (χ3n) is 7.09. The molecule has 5 rings (SSSR count). The number of hydrogen-bond donors (Lipinski definition) is 0. The van der Waals surface area contributed by atoms with Gasteiger partial charge in [-0.25, -0.2) is 0 Å². The lowest BCUT2D eigenvalue weighted by molar-refractivity contribution is -0.137. The average molecular weight is 500 g/mol. The van der Waals surface area contributed by atoms with E-state index in [2.05, 4.69) is 21.9 Å². The summed E-state index contributed by atoms with van der Waals surface area (Å²) in [5.41, 5.74) is 1.24. The van der Waals surface area contributed by atoms with Crippen LogP contribution in [0.4, 0.5) is 18.9 Å². The largest absolute Gasteiger partial charge is 0.416 e. The standard InChI is InChI=1S/C27H28F3N3OS/c28-27(29,30)22-7-4-6-20(16-22)24-19-33(26(34)25-10-5-15-35-25)18-21(24)17-31-11-13-32(14-12-31)23-8-2-1-3-9-23/h1-10,15-16,21,24H,11-14,17-19H2/t21-,24-/m0/s1. The smallest absolute Gasteiger partial charge is 0.369 e. The molecule has 2 saturated heterocycles. The Bertz CT molecular complexity index is 1130. The number of alkyl halides is 3. The topological polar surface area (TPSA) is 26.8 Å². The Morgan fingerprint density at radius 3 is 2.37 bits per heavy atom. The number of nitrogens with zero attached hydrogens (tertiary/aromatic N) is 3. The molecule has 2 aliphatic rings.